The molecule has 1 aromatic rings. The molecule has 28 heavy (non-hydrogen) atoms. The molecule has 3 heterocycles. The monoisotopic (exact) mass is 395 g/mol. The summed E-state index contributed by atoms with van der Waals surface area (Å²) in [6, 6.07) is 3.26. The van der Waals surface area contributed by atoms with Crippen LogP contribution in [0.1, 0.15) is 36.0 Å². The Bertz CT molecular complexity index is 794. The van der Waals surface area contributed by atoms with Gasteiger partial charge in [0.25, 0.3) is 0 Å². The lowest BCUT2D eigenvalue weighted by Crippen LogP contribution is -2.50. The number of hydrogen-bond donors (Lipinski definition) is 0. The van der Waals surface area contributed by atoms with Gasteiger partial charge in [0.15, 0.2) is 6.61 Å². The second kappa shape index (κ2) is 7.10. The van der Waals surface area contributed by atoms with Gasteiger partial charge in [0.1, 0.15) is 5.75 Å². The molecule has 0 N–H and O–H groups in total. The number of allylic oxidation sites excluding steroid dienone is 1. The van der Waals surface area contributed by atoms with Gasteiger partial charge in [0.05, 0.1) is 12.2 Å². The summed E-state index contributed by atoms with van der Waals surface area (Å²) in [6.45, 7) is 3.92. The molecule has 4 nitrogen and oxygen atoms in total. The number of hydrogen-bond acceptors (Lipinski definition) is 4. The highest BCUT2D eigenvalue weighted by molar-refractivity contribution is 6.18. The molecule has 2 bridgehead atoms. The number of halogens is 3. The SMILES string of the molecule is Cc1c(OCC(F)(F)F)ccc2c1C(C(=O)OCC13CCN(CC1)CC3)=CC2. The number of benzene rings is 1. The predicted octanol–water partition coefficient (Wildman–Crippen LogP) is 3.90. The van der Waals surface area contributed by atoms with E-state index in [0.717, 1.165) is 44.5 Å². The van der Waals surface area contributed by atoms with Crippen LogP contribution in [-0.2, 0) is 16.0 Å². The number of nitrogens with zero attached hydrogens (tertiary/aromatic N) is 1. The van der Waals surface area contributed by atoms with E-state index in [9.17, 15) is 18.0 Å². The van der Waals surface area contributed by atoms with Crippen molar-refractivity contribution >= 4 is 11.5 Å². The largest absolute Gasteiger partial charge is 0.484 e. The van der Waals surface area contributed by atoms with Gasteiger partial charge < -0.3 is 14.4 Å². The standard InChI is InChI=1S/C21H24F3NO3/c1-14-17(27-13-21(22,23)24)5-3-15-2-4-16(18(14)15)19(26)28-12-20-6-9-25(10-7-20)11-8-20/h3-5H,2,6-13H2,1H3. The number of rotatable bonds is 5. The van der Waals surface area contributed by atoms with Crippen molar-refractivity contribution in [1.29, 1.82) is 0 Å². The highest BCUT2D eigenvalue weighted by atomic mass is 19.4. The van der Waals surface area contributed by atoms with Crippen LogP contribution < -0.4 is 4.74 Å². The number of carbonyl (C=O) groups is 1. The van der Waals surface area contributed by atoms with Gasteiger partial charge in [0, 0.05) is 5.41 Å². The summed E-state index contributed by atoms with van der Waals surface area (Å²) in [5.74, 6) is -0.243. The molecule has 1 aromatic carbocycles. The van der Waals surface area contributed by atoms with Crippen LogP contribution in [0.15, 0.2) is 18.2 Å². The number of piperidine rings is 3. The topological polar surface area (TPSA) is 38.8 Å². The summed E-state index contributed by atoms with van der Waals surface area (Å²) >= 11 is 0. The van der Waals surface area contributed by atoms with Crippen molar-refractivity contribution in [3.8, 4) is 5.75 Å². The minimum atomic E-state index is -4.40. The number of ether oxygens (including phenoxy) is 2. The van der Waals surface area contributed by atoms with E-state index in [1.807, 2.05) is 0 Å². The van der Waals surface area contributed by atoms with Crippen LogP contribution in [0.2, 0.25) is 0 Å². The molecule has 0 radical (unpaired) electrons. The Morgan fingerprint density at radius 3 is 2.50 bits per heavy atom. The van der Waals surface area contributed by atoms with Crippen molar-refractivity contribution in [2.24, 2.45) is 5.41 Å². The molecule has 0 amide bonds. The molecular formula is C21H24F3NO3. The molecule has 152 valence electrons. The first-order chi connectivity index (χ1) is 13.3. The molecule has 0 saturated carbocycles. The molecule has 0 atom stereocenters. The molecular weight excluding hydrogens is 371 g/mol. The summed E-state index contributed by atoms with van der Waals surface area (Å²) < 4.78 is 48.1. The maximum Gasteiger partial charge on any atom is 0.422 e. The van der Waals surface area contributed by atoms with Gasteiger partial charge in [0.2, 0.25) is 0 Å². The first kappa shape index (κ1) is 19.3. The van der Waals surface area contributed by atoms with Crippen LogP contribution >= 0.6 is 0 Å². The van der Waals surface area contributed by atoms with Gasteiger partial charge in [-0.25, -0.2) is 4.79 Å². The van der Waals surface area contributed by atoms with Crippen molar-refractivity contribution in [3.63, 3.8) is 0 Å². The first-order valence-corrected chi connectivity index (χ1v) is 9.68. The Morgan fingerprint density at radius 2 is 1.86 bits per heavy atom. The molecule has 5 rings (SSSR count). The second-order valence-corrected chi connectivity index (χ2v) is 8.12. The van der Waals surface area contributed by atoms with E-state index in [2.05, 4.69) is 4.90 Å². The third-order valence-corrected chi connectivity index (χ3v) is 6.29. The minimum Gasteiger partial charge on any atom is -0.484 e. The second-order valence-electron chi connectivity index (χ2n) is 8.12. The van der Waals surface area contributed by atoms with Gasteiger partial charge in [-0.1, -0.05) is 12.1 Å². The Labute approximate surface area is 162 Å². The van der Waals surface area contributed by atoms with Crippen molar-refractivity contribution < 1.29 is 27.4 Å². The van der Waals surface area contributed by atoms with Gasteiger partial charge >= 0.3 is 12.1 Å². The minimum absolute atomic E-state index is 0.0825. The first-order valence-electron chi connectivity index (χ1n) is 9.68. The van der Waals surface area contributed by atoms with Crippen LogP contribution in [0, 0.1) is 12.3 Å². The Balaban J connectivity index is 1.46. The molecule has 7 heteroatoms. The molecule has 1 aliphatic carbocycles. The van der Waals surface area contributed by atoms with Gasteiger partial charge in [-0.05, 0) is 75.0 Å². The van der Waals surface area contributed by atoms with Gasteiger partial charge in [-0.3, -0.25) is 0 Å². The summed E-state index contributed by atoms with van der Waals surface area (Å²) in [7, 11) is 0. The van der Waals surface area contributed by atoms with E-state index >= 15 is 0 Å². The quantitative estimate of drug-likeness (QED) is 0.709. The van der Waals surface area contributed by atoms with Crippen LogP contribution in [0.3, 0.4) is 0 Å². The maximum absolute atomic E-state index is 12.8. The zero-order valence-electron chi connectivity index (χ0n) is 15.9. The Hall–Kier alpha value is -2.02. The zero-order valence-corrected chi connectivity index (χ0v) is 15.9. The number of fused-ring (bicyclic) bond motifs is 4. The predicted molar refractivity (Wildman–Crippen MR) is 98.1 cm³/mol. The van der Waals surface area contributed by atoms with Gasteiger partial charge in [-0.2, -0.15) is 13.2 Å². The Morgan fingerprint density at radius 1 is 1.18 bits per heavy atom. The highest BCUT2D eigenvalue weighted by Gasteiger charge is 2.40. The highest BCUT2D eigenvalue weighted by Crippen LogP contribution is 2.41. The lowest BCUT2D eigenvalue weighted by Gasteiger charge is -2.47. The molecule has 0 spiro atoms. The number of alkyl halides is 3. The van der Waals surface area contributed by atoms with E-state index in [1.165, 1.54) is 6.07 Å². The van der Waals surface area contributed by atoms with Crippen molar-refractivity contribution in [2.75, 3.05) is 32.8 Å². The third-order valence-electron chi connectivity index (χ3n) is 6.29. The fourth-order valence-electron chi connectivity index (χ4n) is 4.52. The van der Waals surface area contributed by atoms with E-state index in [4.69, 9.17) is 9.47 Å². The van der Waals surface area contributed by atoms with E-state index in [1.54, 1.807) is 19.1 Å². The lowest BCUT2D eigenvalue weighted by molar-refractivity contribution is -0.153. The zero-order chi connectivity index (χ0) is 19.9. The van der Waals surface area contributed by atoms with Crippen LogP contribution in [0.5, 0.6) is 5.75 Å². The fraction of sp³-hybridized carbons (Fsp3) is 0.571. The summed E-state index contributed by atoms with van der Waals surface area (Å²) in [6.07, 6.45) is 1.10. The average molecular weight is 395 g/mol. The molecule has 0 aromatic heterocycles. The summed E-state index contributed by atoms with van der Waals surface area (Å²) in [5, 5.41) is 0. The fourth-order valence-corrected chi connectivity index (χ4v) is 4.52. The van der Waals surface area contributed by atoms with Crippen molar-refractivity contribution in [1.82, 2.24) is 4.90 Å². The van der Waals surface area contributed by atoms with Crippen LogP contribution in [-0.4, -0.2) is 49.9 Å². The van der Waals surface area contributed by atoms with Gasteiger partial charge in [-0.15, -0.1) is 0 Å². The molecule has 4 aliphatic rings. The smallest absolute Gasteiger partial charge is 0.422 e. The van der Waals surface area contributed by atoms with Crippen LogP contribution in [0.4, 0.5) is 13.2 Å². The van der Waals surface area contributed by atoms with E-state index in [0.29, 0.717) is 29.7 Å². The third kappa shape index (κ3) is 3.77. The number of carbonyl (C=O) groups excluding carboxylic acids is 1. The molecule has 0 unspecified atom stereocenters. The van der Waals surface area contributed by atoms with E-state index < -0.39 is 18.8 Å². The molecule has 3 fully saturated rings. The molecule has 3 saturated heterocycles. The van der Waals surface area contributed by atoms with Crippen molar-refractivity contribution in [2.45, 2.75) is 38.8 Å². The summed E-state index contributed by atoms with van der Waals surface area (Å²) in [5.41, 5.74) is 2.63. The average Bonchev–Trinajstić information content (AvgIpc) is 3.11. The molecule has 3 aliphatic heterocycles. The lowest BCUT2D eigenvalue weighted by atomic mass is 9.73. The van der Waals surface area contributed by atoms with E-state index in [-0.39, 0.29) is 11.2 Å². The normalized spacial score (nSPS) is 26.0. The summed E-state index contributed by atoms with van der Waals surface area (Å²) in [4.78, 5) is 15.2. The maximum atomic E-state index is 12.8. The van der Waals surface area contributed by atoms with Crippen LogP contribution in [0.25, 0.3) is 5.57 Å². The number of esters is 1. The Kier molecular flexibility index (Phi) is 4.89. The van der Waals surface area contributed by atoms with Crippen molar-refractivity contribution in [3.05, 3.63) is 34.9 Å².